The summed E-state index contributed by atoms with van der Waals surface area (Å²) in [6, 6.07) is 1.69. The molecule has 0 heterocycles. The highest BCUT2D eigenvalue weighted by Crippen LogP contribution is 2.30. The molecule has 2 N–H and O–H groups in total. The third-order valence-corrected chi connectivity index (χ3v) is 5.29. The lowest BCUT2D eigenvalue weighted by Crippen LogP contribution is -2.61. The van der Waals surface area contributed by atoms with E-state index in [1.54, 1.807) is 32.8 Å². The highest BCUT2D eigenvalue weighted by molar-refractivity contribution is 5.91. The monoisotopic (exact) mass is 425 g/mol. The maximum Gasteiger partial charge on any atom is 0.245 e. The molecule has 170 valence electrons. The van der Waals surface area contributed by atoms with Gasteiger partial charge in [-0.3, -0.25) is 9.59 Å². The van der Waals surface area contributed by atoms with Crippen LogP contribution in [0.25, 0.3) is 0 Å². The third-order valence-electron chi connectivity index (χ3n) is 5.29. The average Bonchev–Trinajstić information content (AvgIpc) is 2.57. The van der Waals surface area contributed by atoms with Crippen LogP contribution in [0.1, 0.15) is 54.0 Å². The van der Waals surface area contributed by atoms with Gasteiger partial charge in [-0.2, -0.15) is 0 Å². The van der Waals surface area contributed by atoms with Crippen LogP contribution in [0.3, 0.4) is 0 Å². The zero-order valence-corrected chi connectivity index (χ0v) is 19.7. The Morgan fingerprint density at radius 2 is 1.50 bits per heavy atom. The molecule has 0 aliphatic carbocycles. The first-order chi connectivity index (χ1) is 13.6. The van der Waals surface area contributed by atoms with Crippen LogP contribution >= 0.6 is 0 Å². The molecule has 0 saturated heterocycles. The molecule has 7 heteroatoms. The Morgan fingerprint density at radius 1 is 1.00 bits per heavy atom. The lowest BCUT2D eigenvalue weighted by atomic mass is 9.76. The lowest BCUT2D eigenvalue weighted by Gasteiger charge is -2.38. The van der Waals surface area contributed by atoms with E-state index in [4.69, 9.17) is 0 Å². The van der Waals surface area contributed by atoms with E-state index in [0.717, 1.165) is 6.07 Å². The molecular formula is C23H37F2N3O2. The van der Waals surface area contributed by atoms with Gasteiger partial charge in [0.2, 0.25) is 11.8 Å². The molecule has 0 bridgehead atoms. The second kappa shape index (κ2) is 9.86. The summed E-state index contributed by atoms with van der Waals surface area (Å²) >= 11 is 0. The van der Waals surface area contributed by atoms with Gasteiger partial charge in [0.05, 0.1) is 6.04 Å². The number of benzene rings is 1. The summed E-state index contributed by atoms with van der Waals surface area (Å²) in [4.78, 5) is 27.9. The smallest absolute Gasteiger partial charge is 0.245 e. The van der Waals surface area contributed by atoms with Gasteiger partial charge >= 0.3 is 0 Å². The fourth-order valence-corrected chi connectivity index (χ4v) is 3.64. The maximum absolute atomic E-state index is 13.8. The van der Waals surface area contributed by atoms with E-state index >= 15 is 0 Å². The minimum Gasteiger partial charge on any atom is -0.344 e. The average molecular weight is 426 g/mol. The van der Waals surface area contributed by atoms with Gasteiger partial charge in [0.1, 0.15) is 17.7 Å². The second-order valence-corrected chi connectivity index (χ2v) is 10.0. The Hall–Kier alpha value is -2.02. The van der Waals surface area contributed by atoms with Crippen molar-refractivity contribution < 1.29 is 18.4 Å². The highest BCUT2D eigenvalue weighted by atomic mass is 19.1. The Bertz CT molecular complexity index is 737. The molecule has 0 saturated carbocycles. The molecule has 0 aromatic heterocycles. The Labute approximate surface area is 179 Å². The number of nitrogens with zero attached hydrogens (tertiary/aromatic N) is 1. The third kappa shape index (κ3) is 6.49. The molecule has 0 aliphatic rings. The fraction of sp³-hybridized carbons (Fsp3) is 0.652. The predicted molar refractivity (Wildman–Crippen MR) is 116 cm³/mol. The van der Waals surface area contributed by atoms with Gasteiger partial charge in [0.25, 0.3) is 0 Å². The number of halogens is 2. The second-order valence-electron chi connectivity index (χ2n) is 10.0. The molecule has 0 spiro atoms. The Morgan fingerprint density at radius 3 is 1.90 bits per heavy atom. The van der Waals surface area contributed by atoms with E-state index in [1.807, 2.05) is 34.6 Å². The van der Waals surface area contributed by atoms with Crippen LogP contribution in [0, 0.1) is 23.0 Å². The van der Waals surface area contributed by atoms with Crippen molar-refractivity contribution in [2.75, 3.05) is 20.6 Å². The quantitative estimate of drug-likeness (QED) is 0.670. The zero-order chi connectivity index (χ0) is 23.4. The van der Waals surface area contributed by atoms with E-state index in [2.05, 4.69) is 10.6 Å². The van der Waals surface area contributed by atoms with Gasteiger partial charge in [-0.15, -0.1) is 0 Å². The SMILES string of the molecule is CNC(C(=O)NC(C(=O)N(C)CC(C)C)C(C)(C)C)C(C)(C)c1cc(F)cc(F)c1. The number of carbonyl (C=O) groups excluding carboxylic acids is 2. The lowest BCUT2D eigenvalue weighted by molar-refractivity contribution is -0.139. The highest BCUT2D eigenvalue weighted by Gasteiger charge is 2.41. The first-order valence-corrected chi connectivity index (χ1v) is 10.3. The van der Waals surface area contributed by atoms with E-state index in [0.29, 0.717) is 18.0 Å². The van der Waals surface area contributed by atoms with Gasteiger partial charge in [-0.05, 0) is 36.1 Å². The molecule has 5 nitrogen and oxygen atoms in total. The maximum atomic E-state index is 13.8. The molecule has 0 fully saturated rings. The summed E-state index contributed by atoms with van der Waals surface area (Å²) in [5.74, 6) is -1.69. The summed E-state index contributed by atoms with van der Waals surface area (Å²) in [5, 5.41) is 5.84. The molecule has 1 aromatic rings. The molecule has 2 amide bonds. The zero-order valence-electron chi connectivity index (χ0n) is 19.7. The first kappa shape index (κ1) is 26.0. The van der Waals surface area contributed by atoms with Gasteiger partial charge < -0.3 is 15.5 Å². The summed E-state index contributed by atoms with van der Waals surface area (Å²) in [7, 11) is 3.34. The summed E-state index contributed by atoms with van der Waals surface area (Å²) in [5.41, 5.74) is -1.10. The van der Waals surface area contributed by atoms with Crippen molar-refractivity contribution in [3.8, 4) is 0 Å². The molecule has 1 aromatic carbocycles. The number of nitrogens with one attached hydrogen (secondary N) is 2. The summed E-state index contributed by atoms with van der Waals surface area (Å²) in [6.45, 7) is 13.8. The molecule has 2 atom stereocenters. The Kier molecular flexibility index (Phi) is 8.55. The van der Waals surface area contributed by atoms with Crippen LogP contribution in [0.5, 0.6) is 0 Å². The number of hydrogen-bond donors (Lipinski definition) is 2. The minimum atomic E-state index is -0.933. The number of carbonyl (C=O) groups is 2. The van der Waals surface area contributed by atoms with Crippen molar-refractivity contribution >= 4 is 11.8 Å². The molecule has 0 aliphatic heterocycles. The van der Waals surface area contributed by atoms with Crippen LogP contribution in [0.4, 0.5) is 8.78 Å². The molecule has 30 heavy (non-hydrogen) atoms. The largest absolute Gasteiger partial charge is 0.344 e. The van der Waals surface area contributed by atoms with E-state index in [-0.39, 0.29) is 5.91 Å². The topological polar surface area (TPSA) is 61.4 Å². The van der Waals surface area contributed by atoms with Crippen molar-refractivity contribution in [3.63, 3.8) is 0 Å². The van der Waals surface area contributed by atoms with E-state index in [1.165, 1.54) is 12.1 Å². The minimum absolute atomic E-state index is 0.172. The Balaban J connectivity index is 3.20. The van der Waals surface area contributed by atoms with Gasteiger partial charge in [0, 0.05) is 25.1 Å². The normalized spacial score (nSPS) is 14.4. The van der Waals surface area contributed by atoms with Crippen molar-refractivity contribution in [1.29, 1.82) is 0 Å². The van der Waals surface area contributed by atoms with Gasteiger partial charge in [-0.1, -0.05) is 48.5 Å². The van der Waals surface area contributed by atoms with Crippen LogP contribution in [0.15, 0.2) is 18.2 Å². The first-order valence-electron chi connectivity index (χ1n) is 10.3. The van der Waals surface area contributed by atoms with Crippen LogP contribution in [0.2, 0.25) is 0 Å². The fourth-order valence-electron chi connectivity index (χ4n) is 3.64. The molecule has 0 radical (unpaired) electrons. The van der Waals surface area contributed by atoms with Crippen molar-refractivity contribution in [2.45, 2.75) is 66.0 Å². The van der Waals surface area contributed by atoms with Crippen LogP contribution in [-0.2, 0) is 15.0 Å². The van der Waals surface area contributed by atoms with Crippen molar-refractivity contribution in [3.05, 3.63) is 35.4 Å². The molecular weight excluding hydrogens is 388 g/mol. The standard InChI is InChI=1S/C23H37F2N3O2/c1-14(2)13-28(9)21(30)19(22(3,4)5)27-20(29)18(26-8)23(6,7)15-10-16(24)12-17(25)11-15/h10-12,14,18-19,26H,13H2,1-9H3,(H,27,29). The summed E-state index contributed by atoms with van der Waals surface area (Å²) < 4.78 is 27.6. The van der Waals surface area contributed by atoms with E-state index in [9.17, 15) is 18.4 Å². The summed E-state index contributed by atoms with van der Waals surface area (Å²) in [6.07, 6.45) is 0. The number of rotatable bonds is 8. The predicted octanol–water partition coefficient (Wildman–Crippen LogP) is 3.48. The van der Waals surface area contributed by atoms with Crippen molar-refractivity contribution in [2.24, 2.45) is 11.3 Å². The number of amides is 2. The number of likely N-dealkylation sites (N-methyl/N-ethyl adjacent to an activating group) is 2. The van der Waals surface area contributed by atoms with Crippen LogP contribution in [-0.4, -0.2) is 49.4 Å². The van der Waals surface area contributed by atoms with E-state index < -0.39 is 40.5 Å². The van der Waals surface area contributed by atoms with Gasteiger partial charge in [0.15, 0.2) is 0 Å². The number of hydrogen-bond acceptors (Lipinski definition) is 3. The molecule has 2 unspecified atom stereocenters. The van der Waals surface area contributed by atoms with Crippen LogP contribution < -0.4 is 10.6 Å². The molecule has 1 rings (SSSR count). The van der Waals surface area contributed by atoms with Gasteiger partial charge in [-0.25, -0.2) is 8.78 Å². The van der Waals surface area contributed by atoms with Crippen molar-refractivity contribution in [1.82, 2.24) is 15.5 Å².